The van der Waals surface area contributed by atoms with E-state index in [4.69, 9.17) is 5.11 Å². The molecule has 21 heavy (non-hydrogen) atoms. The Kier molecular flexibility index (Phi) is 3.35. The topological polar surface area (TPSA) is 98.2 Å². The van der Waals surface area contributed by atoms with Crippen LogP contribution >= 0.6 is 0 Å². The van der Waals surface area contributed by atoms with Gasteiger partial charge in [0.1, 0.15) is 0 Å². The fourth-order valence-corrected chi connectivity index (χ4v) is 2.29. The molecule has 0 fully saturated rings. The third-order valence-electron chi connectivity index (χ3n) is 3.21. The minimum atomic E-state index is -0.826. The van der Waals surface area contributed by atoms with Gasteiger partial charge in [-0.15, -0.1) is 5.10 Å². The molecule has 108 valence electrons. The number of aliphatic carboxylic acids is 1. The average Bonchev–Trinajstić information content (AvgIpc) is 3.03. The molecule has 0 radical (unpaired) electrons. The summed E-state index contributed by atoms with van der Waals surface area (Å²) in [5.41, 5.74) is 1.72. The molecule has 3 aromatic heterocycles. The third kappa shape index (κ3) is 2.60. The van der Waals surface area contributed by atoms with Crippen LogP contribution in [0.4, 0.5) is 0 Å². The van der Waals surface area contributed by atoms with Gasteiger partial charge in [-0.3, -0.25) is 4.79 Å². The molecule has 3 aromatic rings. The molecule has 0 spiro atoms. The molecule has 8 nitrogen and oxygen atoms in total. The smallest absolute Gasteiger partial charge is 0.303 e. The van der Waals surface area contributed by atoms with Crippen molar-refractivity contribution in [3.8, 4) is 11.4 Å². The van der Waals surface area contributed by atoms with E-state index >= 15 is 0 Å². The number of tetrazole rings is 1. The quantitative estimate of drug-likeness (QED) is 0.754. The molecule has 8 heteroatoms. The summed E-state index contributed by atoms with van der Waals surface area (Å²) in [6.07, 6.45) is 3.63. The van der Waals surface area contributed by atoms with Gasteiger partial charge in [0.15, 0.2) is 5.82 Å². The maximum absolute atomic E-state index is 10.8. The van der Waals surface area contributed by atoms with Gasteiger partial charge in [0.25, 0.3) is 0 Å². The van der Waals surface area contributed by atoms with Crippen molar-refractivity contribution >= 4 is 11.5 Å². The second kappa shape index (κ2) is 5.31. The summed E-state index contributed by atoms with van der Waals surface area (Å²) >= 11 is 0. The molecule has 1 unspecified atom stereocenters. The van der Waals surface area contributed by atoms with Gasteiger partial charge in [-0.25, -0.2) is 9.20 Å². The van der Waals surface area contributed by atoms with Crippen molar-refractivity contribution in [2.75, 3.05) is 0 Å². The molecule has 0 aliphatic carbocycles. The van der Waals surface area contributed by atoms with Crippen LogP contribution in [0.2, 0.25) is 0 Å². The van der Waals surface area contributed by atoms with E-state index in [-0.39, 0.29) is 12.3 Å². The molecule has 0 amide bonds. The number of hydrogen-bond acceptors (Lipinski definition) is 5. The zero-order valence-corrected chi connectivity index (χ0v) is 11.4. The molecule has 0 saturated carbocycles. The summed E-state index contributed by atoms with van der Waals surface area (Å²) in [4.78, 5) is 10.8. The van der Waals surface area contributed by atoms with E-state index in [1.54, 1.807) is 15.4 Å². The minimum absolute atomic E-state index is 0.0633. The molecular weight excluding hydrogens is 272 g/mol. The van der Waals surface area contributed by atoms with Crippen LogP contribution in [0.1, 0.15) is 13.3 Å². The predicted molar refractivity (Wildman–Crippen MR) is 73.4 cm³/mol. The highest BCUT2D eigenvalue weighted by molar-refractivity contribution is 5.75. The van der Waals surface area contributed by atoms with Crippen molar-refractivity contribution < 1.29 is 9.90 Å². The molecule has 3 heterocycles. The zero-order valence-electron chi connectivity index (χ0n) is 11.4. The SMILES string of the molecule is CC(CC(=O)O)Cn1nnnc1-c1cnn2ccccc12. The van der Waals surface area contributed by atoms with E-state index in [9.17, 15) is 4.79 Å². The lowest BCUT2D eigenvalue weighted by Crippen LogP contribution is -2.14. The van der Waals surface area contributed by atoms with Gasteiger partial charge in [-0.2, -0.15) is 5.10 Å². The van der Waals surface area contributed by atoms with Crippen LogP contribution in [-0.2, 0) is 11.3 Å². The third-order valence-corrected chi connectivity index (χ3v) is 3.21. The van der Waals surface area contributed by atoms with Crippen LogP contribution in [-0.4, -0.2) is 40.9 Å². The predicted octanol–water partition coefficient (Wildman–Crippen LogP) is 1.10. The van der Waals surface area contributed by atoms with E-state index in [1.807, 2.05) is 31.3 Å². The molecule has 0 aliphatic heterocycles. The Morgan fingerprint density at radius 1 is 1.43 bits per heavy atom. The first-order valence-electron chi connectivity index (χ1n) is 6.56. The summed E-state index contributed by atoms with van der Waals surface area (Å²) in [5, 5.41) is 24.8. The van der Waals surface area contributed by atoms with Crippen LogP contribution in [0.15, 0.2) is 30.6 Å². The van der Waals surface area contributed by atoms with Crippen molar-refractivity contribution in [3.05, 3.63) is 30.6 Å². The summed E-state index contributed by atoms with van der Waals surface area (Å²) in [6.45, 7) is 2.30. The van der Waals surface area contributed by atoms with Crippen LogP contribution in [0.25, 0.3) is 16.9 Å². The monoisotopic (exact) mass is 286 g/mol. The second-order valence-electron chi connectivity index (χ2n) is 4.98. The van der Waals surface area contributed by atoms with E-state index in [2.05, 4.69) is 20.6 Å². The van der Waals surface area contributed by atoms with E-state index in [1.165, 1.54) is 0 Å². The lowest BCUT2D eigenvalue weighted by atomic mass is 10.1. The van der Waals surface area contributed by atoms with Crippen LogP contribution in [0, 0.1) is 5.92 Å². The molecule has 1 N–H and O–H groups in total. The van der Waals surface area contributed by atoms with Crippen LogP contribution in [0.5, 0.6) is 0 Å². The number of carboxylic acids is 1. The number of carboxylic acid groups (broad SMARTS) is 1. The number of nitrogens with zero attached hydrogens (tertiary/aromatic N) is 6. The maximum Gasteiger partial charge on any atom is 0.303 e. The highest BCUT2D eigenvalue weighted by atomic mass is 16.4. The molecule has 0 aliphatic rings. The van der Waals surface area contributed by atoms with E-state index < -0.39 is 5.97 Å². The van der Waals surface area contributed by atoms with Gasteiger partial charge in [0.2, 0.25) is 0 Å². The fraction of sp³-hybridized carbons (Fsp3) is 0.308. The van der Waals surface area contributed by atoms with Gasteiger partial charge in [0, 0.05) is 19.2 Å². The standard InChI is InChI=1S/C13H14N6O2/c1-9(6-12(20)21)8-19-13(15-16-17-19)10-7-14-18-5-3-2-4-11(10)18/h2-5,7,9H,6,8H2,1H3,(H,20,21). The Hall–Kier alpha value is -2.77. The van der Waals surface area contributed by atoms with Crippen molar-refractivity contribution in [2.45, 2.75) is 19.9 Å². The molecule has 3 rings (SSSR count). The Morgan fingerprint density at radius 2 is 2.29 bits per heavy atom. The van der Waals surface area contributed by atoms with E-state index in [0.717, 1.165) is 11.1 Å². The van der Waals surface area contributed by atoms with Gasteiger partial charge < -0.3 is 5.11 Å². The molecule has 0 saturated heterocycles. The maximum atomic E-state index is 10.8. The summed E-state index contributed by atoms with van der Waals surface area (Å²) < 4.78 is 3.37. The Morgan fingerprint density at radius 3 is 3.10 bits per heavy atom. The lowest BCUT2D eigenvalue weighted by Gasteiger charge is -2.09. The average molecular weight is 286 g/mol. The highest BCUT2D eigenvalue weighted by Crippen LogP contribution is 2.22. The lowest BCUT2D eigenvalue weighted by molar-refractivity contribution is -0.138. The van der Waals surface area contributed by atoms with Crippen molar-refractivity contribution in [1.29, 1.82) is 0 Å². The first-order valence-corrected chi connectivity index (χ1v) is 6.56. The summed E-state index contributed by atoms with van der Waals surface area (Å²) in [5.74, 6) is -0.298. The Labute approximate surface area is 120 Å². The molecule has 0 aromatic carbocycles. The largest absolute Gasteiger partial charge is 0.481 e. The van der Waals surface area contributed by atoms with Gasteiger partial charge >= 0.3 is 5.97 Å². The van der Waals surface area contributed by atoms with Gasteiger partial charge in [0.05, 0.1) is 17.3 Å². The number of hydrogen-bond donors (Lipinski definition) is 1. The first-order chi connectivity index (χ1) is 10.1. The molecule has 1 atom stereocenters. The molecular formula is C13H14N6O2. The minimum Gasteiger partial charge on any atom is -0.481 e. The van der Waals surface area contributed by atoms with Crippen molar-refractivity contribution in [3.63, 3.8) is 0 Å². The molecule has 0 bridgehead atoms. The van der Waals surface area contributed by atoms with Gasteiger partial charge in [-0.1, -0.05) is 13.0 Å². The highest BCUT2D eigenvalue weighted by Gasteiger charge is 2.17. The Bertz CT molecular complexity index is 778. The number of pyridine rings is 1. The number of rotatable bonds is 5. The van der Waals surface area contributed by atoms with Crippen LogP contribution < -0.4 is 0 Å². The zero-order chi connectivity index (χ0) is 14.8. The normalized spacial score (nSPS) is 12.6. The Balaban J connectivity index is 1.93. The summed E-state index contributed by atoms with van der Waals surface area (Å²) in [7, 11) is 0. The van der Waals surface area contributed by atoms with Crippen molar-refractivity contribution in [2.24, 2.45) is 5.92 Å². The number of carbonyl (C=O) groups is 1. The van der Waals surface area contributed by atoms with Crippen molar-refractivity contribution in [1.82, 2.24) is 29.8 Å². The van der Waals surface area contributed by atoms with Crippen LogP contribution in [0.3, 0.4) is 0 Å². The second-order valence-corrected chi connectivity index (χ2v) is 4.98. The number of fused-ring (bicyclic) bond motifs is 1. The fourth-order valence-electron chi connectivity index (χ4n) is 2.29. The first kappa shape index (κ1) is 13.2. The number of aromatic nitrogens is 6. The van der Waals surface area contributed by atoms with Gasteiger partial charge in [-0.05, 0) is 28.5 Å². The summed E-state index contributed by atoms with van der Waals surface area (Å²) in [6, 6.07) is 5.74. The van der Waals surface area contributed by atoms with E-state index in [0.29, 0.717) is 12.4 Å².